The zero-order valence-corrected chi connectivity index (χ0v) is 15.2. The molecular weight excluding hydrogens is 324 g/mol. The molecule has 1 fully saturated rings. The summed E-state index contributed by atoms with van der Waals surface area (Å²) in [5, 5.41) is 0.772. The van der Waals surface area contributed by atoms with E-state index in [1.807, 2.05) is 52.0 Å². The number of thioether (sulfide) groups is 1. The summed E-state index contributed by atoms with van der Waals surface area (Å²) in [7, 11) is 0. The number of hydrogen-bond donors (Lipinski definition) is 0. The van der Waals surface area contributed by atoms with E-state index in [-0.39, 0.29) is 18.0 Å². The molecule has 2 aliphatic heterocycles. The van der Waals surface area contributed by atoms with Crippen LogP contribution in [0.4, 0.5) is 0 Å². The Morgan fingerprint density at radius 2 is 1.88 bits per heavy atom. The molecule has 128 valence electrons. The van der Waals surface area contributed by atoms with Gasteiger partial charge in [0.05, 0.1) is 4.91 Å². The van der Waals surface area contributed by atoms with Gasteiger partial charge in [-0.3, -0.25) is 14.7 Å². The standard InChI is InChI=1S/C18H22N2O3S/c1-11(2)19-18-20(12(3)4)17(21)16(24-18)10-13-5-6-14-15(9-13)23-8-7-22-14/h5-6,9-12H,7-8H2,1-4H3/b16-10+,19-18?. The van der Waals surface area contributed by atoms with Crippen LogP contribution in [0.15, 0.2) is 28.1 Å². The average Bonchev–Trinajstić information content (AvgIpc) is 2.82. The van der Waals surface area contributed by atoms with Gasteiger partial charge in [0.25, 0.3) is 5.91 Å². The third kappa shape index (κ3) is 3.43. The maximum Gasteiger partial charge on any atom is 0.266 e. The summed E-state index contributed by atoms with van der Waals surface area (Å²) in [6.45, 7) is 9.15. The first-order valence-electron chi connectivity index (χ1n) is 8.16. The molecular formula is C18H22N2O3S. The van der Waals surface area contributed by atoms with Crippen LogP contribution in [0.3, 0.4) is 0 Å². The van der Waals surface area contributed by atoms with Gasteiger partial charge in [-0.05, 0) is 63.2 Å². The van der Waals surface area contributed by atoms with Crippen molar-refractivity contribution in [3.05, 3.63) is 28.7 Å². The Bertz CT molecular complexity index is 710. The molecule has 0 unspecified atom stereocenters. The minimum absolute atomic E-state index is 0.00397. The molecule has 0 spiro atoms. The molecule has 0 radical (unpaired) electrons. The molecule has 1 aromatic rings. The van der Waals surface area contributed by atoms with Crippen molar-refractivity contribution in [3.8, 4) is 11.5 Å². The maximum atomic E-state index is 12.7. The van der Waals surface area contributed by atoms with E-state index >= 15 is 0 Å². The molecule has 2 heterocycles. The van der Waals surface area contributed by atoms with Gasteiger partial charge in [-0.2, -0.15) is 0 Å². The molecule has 24 heavy (non-hydrogen) atoms. The predicted octanol–water partition coefficient (Wildman–Crippen LogP) is 3.55. The largest absolute Gasteiger partial charge is 0.486 e. The van der Waals surface area contributed by atoms with Crippen molar-refractivity contribution in [3.63, 3.8) is 0 Å². The highest BCUT2D eigenvalue weighted by Crippen LogP contribution is 2.36. The number of carbonyl (C=O) groups is 1. The van der Waals surface area contributed by atoms with Gasteiger partial charge in [-0.1, -0.05) is 6.07 Å². The molecule has 0 bridgehead atoms. The van der Waals surface area contributed by atoms with Crippen LogP contribution in [0.25, 0.3) is 6.08 Å². The van der Waals surface area contributed by atoms with Crippen LogP contribution in [0.2, 0.25) is 0 Å². The van der Waals surface area contributed by atoms with E-state index in [0.717, 1.165) is 22.2 Å². The first-order valence-corrected chi connectivity index (χ1v) is 8.98. The number of nitrogens with zero attached hydrogens (tertiary/aromatic N) is 2. The first kappa shape index (κ1) is 16.9. The average molecular weight is 346 g/mol. The number of fused-ring (bicyclic) bond motifs is 1. The van der Waals surface area contributed by atoms with E-state index in [1.165, 1.54) is 11.8 Å². The number of aliphatic imine (C=N–C) groups is 1. The second kappa shape index (κ2) is 6.89. The summed E-state index contributed by atoms with van der Waals surface area (Å²) in [4.78, 5) is 19.8. The third-order valence-corrected chi connectivity index (χ3v) is 4.58. The summed E-state index contributed by atoms with van der Waals surface area (Å²) < 4.78 is 11.1. The van der Waals surface area contributed by atoms with Crippen LogP contribution in [-0.4, -0.2) is 41.3 Å². The predicted molar refractivity (Wildman–Crippen MR) is 97.6 cm³/mol. The van der Waals surface area contributed by atoms with Crippen molar-refractivity contribution in [1.82, 2.24) is 4.90 Å². The highest BCUT2D eigenvalue weighted by Gasteiger charge is 2.35. The Labute approximate surface area is 146 Å². The van der Waals surface area contributed by atoms with Gasteiger partial charge in [-0.15, -0.1) is 0 Å². The maximum absolute atomic E-state index is 12.7. The molecule has 1 amide bonds. The zero-order valence-electron chi connectivity index (χ0n) is 14.4. The summed E-state index contributed by atoms with van der Waals surface area (Å²) in [5.41, 5.74) is 0.921. The van der Waals surface area contributed by atoms with Gasteiger partial charge >= 0.3 is 0 Å². The van der Waals surface area contributed by atoms with E-state index in [1.54, 1.807) is 4.90 Å². The summed E-state index contributed by atoms with van der Waals surface area (Å²) >= 11 is 1.43. The Kier molecular flexibility index (Phi) is 4.85. The lowest BCUT2D eigenvalue weighted by Crippen LogP contribution is -2.35. The molecule has 5 nitrogen and oxygen atoms in total. The Morgan fingerprint density at radius 3 is 2.54 bits per heavy atom. The van der Waals surface area contributed by atoms with Gasteiger partial charge in [-0.25, -0.2) is 0 Å². The number of rotatable bonds is 3. The zero-order chi connectivity index (χ0) is 17.3. The lowest BCUT2D eigenvalue weighted by atomic mass is 10.1. The smallest absolute Gasteiger partial charge is 0.266 e. The summed E-state index contributed by atoms with van der Waals surface area (Å²) in [6.07, 6.45) is 1.89. The van der Waals surface area contributed by atoms with Crippen LogP contribution in [0.5, 0.6) is 11.5 Å². The fraction of sp³-hybridized carbons (Fsp3) is 0.444. The molecule has 1 aromatic carbocycles. The SMILES string of the molecule is CC(C)N=C1S/C(=C/c2ccc3c(c2)OCCO3)C(=O)N1C(C)C. The molecule has 0 N–H and O–H groups in total. The second-order valence-corrected chi connectivity index (χ2v) is 7.30. The van der Waals surface area contributed by atoms with E-state index in [9.17, 15) is 4.79 Å². The Morgan fingerprint density at radius 1 is 1.17 bits per heavy atom. The highest BCUT2D eigenvalue weighted by atomic mass is 32.2. The molecule has 1 saturated heterocycles. The van der Waals surface area contributed by atoms with Crippen LogP contribution in [0, 0.1) is 0 Å². The van der Waals surface area contributed by atoms with Gasteiger partial charge in [0, 0.05) is 12.1 Å². The number of benzene rings is 1. The Balaban J connectivity index is 1.91. The molecule has 0 atom stereocenters. The van der Waals surface area contributed by atoms with E-state index in [4.69, 9.17) is 9.47 Å². The summed E-state index contributed by atoms with van der Waals surface area (Å²) in [6, 6.07) is 5.95. The van der Waals surface area contributed by atoms with Crippen molar-refractivity contribution < 1.29 is 14.3 Å². The minimum atomic E-state index is 0.00397. The molecule has 0 aromatic heterocycles. The number of carbonyl (C=O) groups excluding carboxylic acids is 1. The van der Waals surface area contributed by atoms with Crippen molar-refractivity contribution in [2.45, 2.75) is 39.8 Å². The van der Waals surface area contributed by atoms with Crippen molar-refractivity contribution >= 4 is 28.9 Å². The van der Waals surface area contributed by atoms with Gasteiger partial charge < -0.3 is 9.47 Å². The van der Waals surface area contributed by atoms with Crippen LogP contribution < -0.4 is 9.47 Å². The monoisotopic (exact) mass is 346 g/mol. The normalized spacial score (nSPS) is 20.8. The van der Waals surface area contributed by atoms with Gasteiger partial charge in [0.2, 0.25) is 0 Å². The van der Waals surface area contributed by atoms with E-state index < -0.39 is 0 Å². The molecule has 6 heteroatoms. The first-order chi connectivity index (χ1) is 11.5. The van der Waals surface area contributed by atoms with E-state index in [2.05, 4.69) is 4.99 Å². The summed E-state index contributed by atoms with van der Waals surface area (Å²) in [5.74, 6) is 1.48. The third-order valence-electron chi connectivity index (χ3n) is 3.59. The van der Waals surface area contributed by atoms with Crippen LogP contribution >= 0.6 is 11.8 Å². The van der Waals surface area contributed by atoms with Gasteiger partial charge in [0.15, 0.2) is 16.7 Å². The number of amidine groups is 1. The number of ether oxygens (including phenoxy) is 2. The minimum Gasteiger partial charge on any atom is -0.486 e. The fourth-order valence-electron chi connectivity index (χ4n) is 2.55. The van der Waals surface area contributed by atoms with Crippen molar-refractivity contribution in [2.24, 2.45) is 4.99 Å². The second-order valence-electron chi connectivity index (χ2n) is 6.29. The number of amides is 1. The molecule has 0 aliphatic carbocycles. The van der Waals surface area contributed by atoms with E-state index in [0.29, 0.717) is 18.1 Å². The van der Waals surface area contributed by atoms with Crippen LogP contribution in [-0.2, 0) is 4.79 Å². The topological polar surface area (TPSA) is 51.1 Å². The van der Waals surface area contributed by atoms with Crippen molar-refractivity contribution in [2.75, 3.05) is 13.2 Å². The fourth-order valence-corrected chi connectivity index (χ4v) is 3.79. The van der Waals surface area contributed by atoms with Crippen molar-refractivity contribution in [1.29, 1.82) is 0 Å². The quantitative estimate of drug-likeness (QED) is 0.786. The van der Waals surface area contributed by atoms with Crippen LogP contribution in [0.1, 0.15) is 33.3 Å². The number of hydrogen-bond acceptors (Lipinski definition) is 5. The lowest BCUT2D eigenvalue weighted by Gasteiger charge is -2.20. The highest BCUT2D eigenvalue weighted by molar-refractivity contribution is 8.18. The lowest BCUT2D eigenvalue weighted by molar-refractivity contribution is -0.123. The Hall–Kier alpha value is -1.95. The van der Waals surface area contributed by atoms with Gasteiger partial charge in [0.1, 0.15) is 13.2 Å². The molecule has 3 rings (SSSR count). The molecule has 2 aliphatic rings. The molecule has 0 saturated carbocycles.